The predicted molar refractivity (Wildman–Crippen MR) is 154 cm³/mol. The van der Waals surface area contributed by atoms with Crippen molar-refractivity contribution in [3.05, 3.63) is 71.8 Å². The molecule has 2 N–H and O–H groups in total. The number of carboxylic acid groups (broad SMARTS) is 1. The summed E-state index contributed by atoms with van der Waals surface area (Å²) < 4.78 is 11.1. The first kappa shape index (κ1) is 33.0. The standard InChI is InChI=1S/C33H46O7/c1-6-26(29(35)36)21-28(27-15-11-8-12-16-27)17-18-33(5,31(38)39-22-24(2)34)20-19-32(3,4)30(37)40-23-25-13-9-7-10-14-25/h7-16,24,26,28,34H,6,17-23H2,1-5H3,(H,35,36). The molecule has 0 aliphatic rings. The van der Waals surface area contributed by atoms with Gasteiger partial charge in [-0.25, -0.2) is 0 Å². The SMILES string of the molecule is CCC(CC(CCC(C)(CCC(C)(C)C(=O)OCc1ccccc1)C(=O)OCC(C)O)c1ccccc1)C(=O)O. The number of carboxylic acids is 1. The Hall–Kier alpha value is -3.19. The van der Waals surface area contributed by atoms with E-state index in [-0.39, 0.29) is 25.1 Å². The van der Waals surface area contributed by atoms with E-state index in [4.69, 9.17) is 9.47 Å². The van der Waals surface area contributed by atoms with E-state index in [2.05, 4.69) is 0 Å². The van der Waals surface area contributed by atoms with Crippen molar-refractivity contribution < 1.29 is 34.1 Å². The molecule has 2 aromatic rings. The van der Waals surface area contributed by atoms with Crippen molar-refractivity contribution in [3.8, 4) is 0 Å². The molecule has 0 aliphatic carbocycles. The van der Waals surface area contributed by atoms with Crippen LogP contribution in [0.25, 0.3) is 0 Å². The molecule has 7 heteroatoms. The van der Waals surface area contributed by atoms with Crippen molar-refractivity contribution >= 4 is 17.9 Å². The highest BCUT2D eigenvalue weighted by atomic mass is 16.5. The maximum atomic E-state index is 13.4. The van der Waals surface area contributed by atoms with Gasteiger partial charge in [0.25, 0.3) is 0 Å². The van der Waals surface area contributed by atoms with Crippen molar-refractivity contribution in [2.75, 3.05) is 6.61 Å². The monoisotopic (exact) mass is 554 g/mol. The summed E-state index contributed by atoms with van der Waals surface area (Å²) in [5.74, 6) is -2.14. The third-order valence-electron chi connectivity index (χ3n) is 7.74. The normalized spacial score (nSPS) is 15.3. The Labute approximate surface area is 238 Å². The van der Waals surface area contributed by atoms with Gasteiger partial charge in [0.2, 0.25) is 0 Å². The fourth-order valence-corrected chi connectivity index (χ4v) is 4.73. The molecule has 7 nitrogen and oxygen atoms in total. The minimum atomic E-state index is -0.941. The van der Waals surface area contributed by atoms with E-state index in [1.165, 1.54) is 0 Å². The molecule has 40 heavy (non-hydrogen) atoms. The van der Waals surface area contributed by atoms with E-state index in [1.807, 2.05) is 88.4 Å². The lowest BCUT2D eigenvalue weighted by molar-refractivity contribution is -0.162. The molecule has 0 bridgehead atoms. The molecule has 4 atom stereocenters. The van der Waals surface area contributed by atoms with Crippen LogP contribution in [0.2, 0.25) is 0 Å². The Morgan fingerprint density at radius 3 is 2.00 bits per heavy atom. The minimum absolute atomic E-state index is 0.0602. The van der Waals surface area contributed by atoms with Gasteiger partial charge in [-0.15, -0.1) is 0 Å². The summed E-state index contributed by atoms with van der Waals surface area (Å²) in [7, 11) is 0. The first-order chi connectivity index (χ1) is 18.9. The second-order valence-corrected chi connectivity index (χ2v) is 11.8. The number of rotatable bonds is 17. The lowest BCUT2D eigenvalue weighted by atomic mass is 9.73. The van der Waals surface area contributed by atoms with Gasteiger partial charge >= 0.3 is 17.9 Å². The molecule has 0 fully saturated rings. The van der Waals surface area contributed by atoms with Crippen LogP contribution in [0.3, 0.4) is 0 Å². The average Bonchev–Trinajstić information content (AvgIpc) is 2.94. The zero-order chi connectivity index (χ0) is 29.8. The molecule has 0 aliphatic heterocycles. The summed E-state index contributed by atoms with van der Waals surface area (Å²) in [6.45, 7) is 8.95. The molecule has 220 valence electrons. The Bertz CT molecular complexity index is 1060. The van der Waals surface area contributed by atoms with Crippen molar-refractivity contribution in [1.29, 1.82) is 0 Å². The summed E-state index contributed by atoms with van der Waals surface area (Å²) in [4.78, 5) is 38.2. The van der Waals surface area contributed by atoms with Gasteiger partial charge < -0.3 is 19.7 Å². The molecule has 2 rings (SSSR count). The van der Waals surface area contributed by atoms with Crippen LogP contribution < -0.4 is 0 Å². The van der Waals surface area contributed by atoms with E-state index < -0.39 is 34.8 Å². The lowest BCUT2D eigenvalue weighted by Gasteiger charge is -2.33. The van der Waals surface area contributed by atoms with Gasteiger partial charge in [-0.1, -0.05) is 67.6 Å². The number of esters is 2. The second-order valence-electron chi connectivity index (χ2n) is 11.8. The minimum Gasteiger partial charge on any atom is -0.481 e. The molecule has 4 unspecified atom stereocenters. The number of aliphatic carboxylic acids is 1. The molecule has 0 spiro atoms. The molecule has 0 radical (unpaired) electrons. The van der Waals surface area contributed by atoms with E-state index in [0.29, 0.717) is 38.5 Å². The van der Waals surface area contributed by atoms with Crippen molar-refractivity contribution in [3.63, 3.8) is 0 Å². The average molecular weight is 555 g/mol. The topological polar surface area (TPSA) is 110 Å². The number of hydrogen-bond donors (Lipinski definition) is 2. The zero-order valence-corrected chi connectivity index (χ0v) is 24.6. The van der Waals surface area contributed by atoms with Crippen LogP contribution in [0.1, 0.15) is 90.2 Å². The van der Waals surface area contributed by atoms with Gasteiger partial charge in [0.15, 0.2) is 0 Å². The van der Waals surface area contributed by atoms with Gasteiger partial charge in [0, 0.05) is 0 Å². The molecule has 0 saturated heterocycles. The van der Waals surface area contributed by atoms with Gasteiger partial charge in [-0.3, -0.25) is 14.4 Å². The van der Waals surface area contributed by atoms with Crippen LogP contribution in [0, 0.1) is 16.7 Å². The van der Waals surface area contributed by atoms with Gasteiger partial charge in [0.1, 0.15) is 13.2 Å². The van der Waals surface area contributed by atoms with Crippen LogP contribution >= 0.6 is 0 Å². The molecule has 0 heterocycles. The van der Waals surface area contributed by atoms with Gasteiger partial charge in [-0.2, -0.15) is 0 Å². The number of carbonyl (C=O) groups is 3. The second kappa shape index (κ2) is 15.6. The molecule has 0 amide bonds. The van der Waals surface area contributed by atoms with Crippen LogP contribution in [-0.4, -0.2) is 40.8 Å². The Morgan fingerprint density at radius 2 is 1.45 bits per heavy atom. The first-order valence-electron chi connectivity index (χ1n) is 14.2. The van der Waals surface area contributed by atoms with Crippen LogP contribution in [-0.2, 0) is 30.5 Å². The molecular weight excluding hydrogens is 508 g/mol. The quantitative estimate of drug-likeness (QED) is 0.214. The largest absolute Gasteiger partial charge is 0.481 e. The number of ether oxygens (including phenoxy) is 2. The fourth-order valence-electron chi connectivity index (χ4n) is 4.73. The van der Waals surface area contributed by atoms with E-state index in [1.54, 1.807) is 6.92 Å². The van der Waals surface area contributed by atoms with Crippen molar-refractivity contribution in [1.82, 2.24) is 0 Å². The molecule has 0 aromatic heterocycles. The van der Waals surface area contributed by atoms with Crippen LogP contribution in [0.5, 0.6) is 0 Å². The summed E-state index contributed by atoms with van der Waals surface area (Å²) in [6.07, 6.45) is 1.97. The zero-order valence-electron chi connectivity index (χ0n) is 24.6. The summed E-state index contributed by atoms with van der Waals surface area (Å²) in [5.41, 5.74) is 0.156. The molecular formula is C33H46O7. The number of benzene rings is 2. The maximum absolute atomic E-state index is 13.4. The van der Waals surface area contributed by atoms with Crippen LogP contribution in [0.15, 0.2) is 60.7 Å². The highest BCUT2D eigenvalue weighted by Gasteiger charge is 2.40. The number of aliphatic hydroxyl groups is 1. The van der Waals surface area contributed by atoms with E-state index in [0.717, 1.165) is 11.1 Å². The van der Waals surface area contributed by atoms with E-state index in [9.17, 15) is 24.6 Å². The molecule has 2 aromatic carbocycles. The molecule has 0 saturated carbocycles. The van der Waals surface area contributed by atoms with Gasteiger partial charge in [0.05, 0.1) is 22.9 Å². The van der Waals surface area contributed by atoms with E-state index >= 15 is 0 Å². The maximum Gasteiger partial charge on any atom is 0.311 e. The third kappa shape index (κ3) is 10.4. The first-order valence-corrected chi connectivity index (χ1v) is 14.2. The van der Waals surface area contributed by atoms with Gasteiger partial charge in [-0.05, 0) is 83.3 Å². The summed E-state index contributed by atoms with van der Waals surface area (Å²) in [6, 6.07) is 19.2. The van der Waals surface area contributed by atoms with Crippen LogP contribution in [0.4, 0.5) is 0 Å². The fraction of sp³-hybridized carbons (Fsp3) is 0.545. The Morgan fingerprint density at radius 1 is 0.850 bits per heavy atom. The Kier molecular flexibility index (Phi) is 12.8. The number of hydrogen-bond acceptors (Lipinski definition) is 6. The highest BCUT2D eigenvalue weighted by molar-refractivity contribution is 5.78. The summed E-state index contributed by atoms with van der Waals surface area (Å²) >= 11 is 0. The number of aliphatic hydroxyl groups excluding tert-OH is 1. The number of carbonyl (C=O) groups excluding carboxylic acids is 2. The van der Waals surface area contributed by atoms with Crippen molar-refractivity contribution in [2.24, 2.45) is 16.7 Å². The third-order valence-corrected chi connectivity index (χ3v) is 7.74. The lowest BCUT2D eigenvalue weighted by Crippen LogP contribution is -2.35. The Balaban J connectivity index is 2.19. The van der Waals surface area contributed by atoms with Crippen molar-refractivity contribution in [2.45, 2.75) is 91.8 Å². The predicted octanol–water partition coefficient (Wildman–Crippen LogP) is 6.53. The summed E-state index contributed by atoms with van der Waals surface area (Å²) in [5, 5.41) is 19.4. The smallest absolute Gasteiger partial charge is 0.311 e. The highest BCUT2D eigenvalue weighted by Crippen LogP contribution is 2.40.